The lowest BCUT2D eigenvalue weighted by Crippen LogP contribution is -2.43. The van der Waals surface area contributed by atoms with Crippen molar-refractivity contribution in [2.45, 2.75) is 52.1 Å². The van der Waals surface area contributed by atoms with E-state index in [-0.39, 0.29) is 18.1 Å². The quantitative estimate of drug-likeness (QED) is 0.652. The average Bonchev–Trinajstić information content (AvgIpc) is 2.45. The van der Waals surface area contributed by atoms with Gasteiger partial charge in [0, 0.05) is 6.04 Å². The molecule has 1 aliphatic carbocycles. The highest BCUT2D eigenvalue weighted by molar-refractivity contribution is 5.75. The predicted molar refractivity (Wildman–Crippen MR) is 54.3 cm³/mol. The van der Waals surface area contributed by atoms with Crippen LogP contribution in [0.4, 0.5) is 0 Å². The Morgan fingerprint density at radius 2 is 2.07 bits per heavy atom. The first-order chi connectivity index (χ1) is 6.41. The molecule has 4 nitrogen and oxygen atoms in total. The molecule has 4 heteroatoms. The van der Waals surface area contributed by atoms with Gasteiger partial charge in [-0.1, -0.05) is 6.42 Å². The summed E-state index contributed by atoms with van der Waals surface area (Å²) < 4.78 is 0. The Hall–Kier alpha value is -0.610. The van der Waals surface area contributed by atoms with Gasteiger partial charge in [-0.05, 0) is 33.6 Å². The van der Waals surface area contributed by atoms with Gasteiger partial charge in [-0.3, -0.25) is 0 Å². The summed E-state index contributed by atoms with van der Waals surface area (Å²) in [5.41, 5.74) is 8.12. The fourth-order valence-corrected chi connectivity index (χ4v) is 1.42. The summed E-state index contributed by atoms with van der Waals surface area (Å²) in [4.78, 5) is 16.4. The SMILES string of the molecule is CC(C)(C)C(=O)ON[C@H]1CCC[C@H]1N. The summed E-state index contributed by atoms with van der Waals surface area (Å²) in [6.45, 7) is 5.47. The van der Waals surface area contributed by atoms with Crippen molar-refractivity contribution in [3.63, 3.8) is 0 Å². The molecule has 0 heterocycles. The van der Waals surface area contributed by atoms with E-state index in [9.17, 15) is 4.79 Å². The van der Waals surface area contributed by atoms with Crippen LogP contribution in [0.2, 0.25) is 0 Å². The highest BCUT2D eigenvalue weighted by Gasteiger charge is 2.28. The molecule has 0 bridgehead atoms. The van der Waals surface area contributed by atoms with Crippen molar-refractivity contribution in [3.8, 4) is 0 Å². The number of carbonyl (C=O) groups excluding carboxylic acids is 1. The van der Waals surface area contributed by atoms with Gasteiger partial charge in [0.15, 0.2) is 0 Å². The summed E-state index contributed by atoms with van der Waals surface area (Å²) >= 11 is 0. The summed E-state index contributed by atoms with van der Waals surface area (Å²) in [7, 11) is 0. The first kappa shape index (κ1) is 11.5. The number of nitrogens with two attached hydrogens (primary N) is 1. The van der Waals surface area contributed by atoms with E-state index in [1.165, 1.54) is 0 Å². The molecule has 0 aliphatic heterocycles. The number of hydroxylamine groups is 1. The van der Waals surface area contributed by atoms with Gasteiger partial charge in [0.25, 0.3) is 0 Å². The van der Waals surface area contributed by atoms with E-state index in [0.717, 1.165) is 19.3 Å². The van der Waals surface area contributed by atoms with Crippen LogP contribution in [0.3, 0.4) is 0 Å². The zero-order valence-corrected chi connectivity index (χ0v) is 9.17. The van der Waals surface area contributed by atoms with Crippen LogP contribution in [0.25, 0.3) is 0 Å². The molecule has 3 N–H and O–H groups in total. The van der Waals surface area contributed by atoms with E-state index >= 15 is 0 Å². The highest BCUT2D eigenvalue weighted by atomic mass is 16.7. The van der Waals surface area contributed by atoms with Crippen LogP contribution >= 0.6 is 0 Å². The van der Waals surface area contributed by atoms with Gasteiger partial charge < -0.3 is 10.6 Å². The maximum atomic E-state index is 11.4. The van der Waals surface area contributed by atoms with E-state index in [0.29, 0.717) is 0 Å². The molecule has 0 saturated heterocycles. The van der Waals surface area contributed by atoms with Crippen LogP contribution in [0, 0.1) is 5.41 Å². The normalized spacial score (nSPS) is 27.7. The molecule has 2 atom stereocenters. The number of nitrogens with one attached hydrogen (secondary N) is 1. The lowest BCUT2D eigenvalue weighted by atomic mass is 9.98. The van der Waals surface area contributed by atoms with Crippen LogP contribution in [-0.4, -0.2) is 18.1 Å². The molecule has 0 spiro atoms. The van der Waals surface area contributed by atoms with Crippen molar-refractivity contribution in [3.05, 3.63) is 0 Å². The maximum Gasteiger partial charge on any atom is 0.329 e. The van der Waals surface area contributed by atoms with Crippen LogP contribution in [0.5, 0.6) is 0 Å². The minimum absolute atomic E-state index is 0.114. The fraction of sp³-hybridized carbons (Fsp3) is 0.900. The van der Waals surface area contributed by atoms with Crippen molar-refractivity contribution >= 4 is 5.97 Å². The molecule has 1 rings (SSSR count). The number of rotatable bonds is 2. The predicted octanol–water partition coefficient (Wildman–Crippen LogP) is 0.960. The van der Waals surface area contributed by atoms with E-state index in [4.69, 9.17) is 10.6 Å². The highest BCUT2D eigenvalue weighted by Crippen LogP contribution is 2.18. The number of hydrogen-bond acceptors (Lipinski definition) is 4. The Bertz CT molecular complexity index is 211. The largest absolute Gasteiger partial charge is 0.370 e. The van der Waals surface area contributed by atoms with E-state index in [2.05, 4.69) is 5.48 Å². The van der Waals surface area contributed by atoms with Crippen LogP contribution in [0.15, 0.2) is 0 Å². The Morgan fingerprint density at radius 3 is 2.50 bits per heavy atom. The molecule has 14 heavy (non-hydrogen) atoms. The Balaban J connectivity index is 2.30. The first-order valence-corrected chi connectivity index (χ1v) is 5.13. The zero-order chi connectivity index (χ0) is 10.8. The average molecular weight is 200 g/mol. The molecule has 0 radical (unpaired) electrons. The van der Waals surface area contributed by atoms with Crippen LogP contribution < -0.4 is 11.2 Å². The van der Waals surface area contributed by atoms with Crippen molar-refractivity contribution in [1.82, 2.24) is 5.48 Å². The molecular formula is C10H20N2O2. The van der Waals surface area contributed by atoms with E-state index < -0.39 is 5.41 Å². The van der Waals surface area contributed by atoms with Crippen LogP contribution in [0.1, 0.15) is 40.0 Å². The third-order valence-electron chi connectivity index (χ3n) is 2.48. The molecule has 1 fully saturated rings. The third-order valence-corrected chi connectivity index (χ3v) is 2.48. The third kappa shape index (κ3) is 2.96. The minimum Gasteiger partial charge on any atom is -0.370 e. The molecular weight excluding hydrogens is 180 g/mol. The monoisotopic (exact) mass is 200 g/mol. The van der Waals surface area contributed by atoms with Gasteiger partial charge in [0.1, 0.15) is 0 Å². The van der Waals surface area contributed by atoms with Crippen LogP contribution in [-0.2, 0) is 9.63 Å². The lowest BCUT2D eigenvalue weighted by Gasteiger charge is -2.20. The lowest BCUT2D eigenvalue weighted by molar-refractivity contribution is -0.162. The van der Waals surface area contributed by atoms with Gasteiger partial charge >= 0.3 is 5.97 Å². The van der Waals surface area contributed by atoms with E-state index in [1.807, 2.05) is 20.8 Å². The maximum absolute atomic E-state index is 11.4. The van der Waals surface area contributed by atoms with Crippen molar-refractivity contribution in [1.29, 1.82) is 0 Å². The first-order valence-electron chi connectivity index (χ1n) is 5.13. The molecule has 0 amide bonds. The molecule has 0 aromatic carbocycles. The molecule has 0 aromatic heterocycles. The molecule has 1 aliphatic rings. The fourth-order valence-electron chi connectivity index (χ4n) is 1.42. The smallest absolute Gasteiger partial charge is 0.329 e. The molecule has 0 unspecified atom stereocenters. The molecule has 1 saturated carbocycles. The topological polar surface area (TPSA) is 64.3 Å². The second kappa shape index (κ2) is 4.28. The summed E-state index contributed by atoms with van der Waals surface area (Å²) in [6, 6.07) is 0.240. The van der Waals surface area contributed by atoms with Gasteiger partial charge in [-0.2, -0.15) is 0 Å². The summed E-state index contributed by atoms with van der Waals surface area (Å²) in [5, 5.41) is 0. The molecule has 0 aromatic rings. The van der Waals surface area contributed by atoms with Gasteiger partial charge in [-0.25, -0.2) is 4.79 Å². The number of carbonyl (C=O) groups is 1. The van der Waals surface area contributed by atoms with E-state index in [1.54, 1.807) is 0 Å². The molecule has 82 valence electrons. The van der Waals surface area contributed by atoms with Crippen molar-refractivity contribution < 1.29 is 9.63 Å². The summed E-state index contributed by atoms with van der Waals surface area (Å²) in [5.74, 6) is -0.239. The van der Waals surface area contributed by atoms with Gasteiger partial charge in [-0.15, -0.1) is 5.48 Å². The van der Waals surface area contributed by atoms with Gasteiger partial charge in [0.2, 0.25) is 0 Å². The second-order valence-corrected chi connectivity index (χ2v) is 4.96. The van der Waals surface area contributed by atoms with Gasteiger partial charge in [0.05, 0.1) is 11.5 Å². The summed E-state index contributed by atoms with van der Waals surface area (Å²) in [6.07, 6.45) is 3.09. The Labute approximate surface area is 85.1 Å². The standard InChI is InChI=1S/C10H20N2O2/c1-10(2,3)9(13)14-12-8-6-4-5-7(8)11/h7-8,12H,4-6,11H2,1-3H3/t7-,8+/m1/s1. The number of hydrogen-bond donors (Lipinski definition) is 2. The van der Waals surface area contributed by atoms with Crippen molar-refractivity contribution in [2.75, 3.05) is 0 Å². The second-order valence-electron chi connectivity index (χ2n) is 4.96. The minimum atomic E-state index is -0.463. The zero-order valence-electron chi connectivity index (χ0n) is 9.17. The van der Waals surface area contributed by atoms with Crippen molar-refractivity contribution in [2.24, 2.45) is 11.1 Å². The Morgan fingerprint density at radius 1 is 1.43 bits per heavy atom. The Kier molecular flexibility index (Phi) is 3.50.